The van der Waals surface area contributed by atoms with Crippen LogP contribution in [0.1, 0.15) is 31.4 Å². The van der Waals surface area contributed by atoms with Gasteiger partial charge >= 0.3 is 0 Å². The van der Waals surface area contributed by atoms with Gasteiger partial charge in [0.15, 0.2) is 5.76 Å². The van der Waals surface area contributed by atoms with Crippen LogP contribution in [-0.4, -0.2) is 18.4 Å². The Morgan fingerprint density at radius 3 is 2.68 bits per heavy atom. The van der Waals surface area contributed by atoms with Crippen molar-refractivity contribution in [2.75, 3.05) is 11.9 Å². The van der Waals surface area contributed by atoms with Crippen molar-refractivity contribution < 1.29 is 14.0 Å². The van der Waals surface area contributed by atoms with Crippen LogP contribution in [0.15, 0.2) is 58.5 Å². The molecule has 0 radical (unpaired) electrons. The molecular weight excluding hydrogens is 336 g/mol. The number of benzene rings is 1. The number of thiophene rings is 1. The van der Waals surface area contributed by atoms with E-state index in [0.717, 1.165) is 12.0 Å². The van der Waals surface area contributed by atoms with E-state index in [1.54, 1.807) is 35.6 Å². The van der Waals surface area contributed by atoms with Gasteiger partial charge in [0.05, 0.1) is 17.5 Å². The van der Waals surface area contributed by atoms with Gasteiger partial charge in [-0.05, 0) is 48.6 Å². The molecule has 128 valence electrons. The van der Waals surface area contributed by atoms with E-state index in [1.165, 1.54) is 11.1 Å². The second kappa shape index (κ2) is 7.81. The minimum atomic E-state index is -0.382. The van der Waals surface area contributed by atoms with Crippen molar-refractivity contribution in [3.63, 3.8) is 0 Å². The Kier molecular flexibility index (Phi) is 5.30. The summed E-state index contributed by atoms with van der Waals surface area (Å²) in [5.74, 6) is -0.394. The lowest BCUT2D eigenvalue weighted by atomic mass is 10.1. The second-order valence-electron chi connectivity index (χ2n) is 5.51. The molecule has 0 spiro atoms. The van der Waals surface area contributed by atoms with Gasteiger partial charge in [-0.3, -0.25) is 9.59 Å². The predicted molar refractivity (Wildman–Crippen MR) is 98.2 cm³/mol. The predicted octanol–water partition coefficient (Wildman–Crippen LogP) is 3.87. The number of aryl methyl sites for hydroxylation is 1. The summed E-state index contributed by atoms with van der Waals surface area (Å²) >= 11 is 1.66. The number of para-hydroxylation sites is 1. The minimum absolute atomic E-state index is 0.201. The van der Waals surface area contributed by atoms with Gasteiger partial charge in [-0.2, -0.15) is 0 Å². The Morgan fingerprint density at radius 1 is 1.08 bits per heavy atom. The number of nitrogens with one attached hydrogen (secondary N) is 2. The van der Waals surface area contributed by atoms with E-state index in [1.807, 2.05) is 30.5 Å². The topological polar surface area (TPSA) is 71.3 Å². The fraction of sp³-hybridized carbons (Fsp3) is 0.158. The zero-order chi connectivity index (χ0) is 17.6. The highest BCUT2D eigenvalue weighted by atomic mass is 32.1. The normalized spacial score (nSPS) is 10.4. The van der Waals surface area contributed by atoms with E-state index in [0.29, 0.717) is 17.8 Å². The van der Waals surface area contributed by atoms with Crippen LogP contribution in [-0.2, 0) is 6.42 Å². The maximum atomic E-state index is 12.5. The van der Waals surface area contributed by atoms with E-state index < -0.39 is 0 Å². The SMILES string of the molecule is Cc1cccc(C(=O)NCCc2cccs2)c1NC(=O)c1ccco1. The maximum Gasteiger partial charge on any atom is 0.291 e. The summed E-state index contributed by atoms with van der Waals surface area (Å²) in [5.41, 5.74) is 1.74. The first-order valence-electron chi connectivity index (χ1n) is 7.90. The number of amides is 2. The molecule has 3 rings (SSSR count). The Labute approximate surface area is 149 Å². The molecule has 0 saturated heterocycles. The first-order chi connectivity index (χ1) is 12.1. The maximum absolute atomic E-state index is 12.5. The summed E-state index contributed by atoms with van der Waals surface area (Å²) in [6.45, 7) is 2.39. The summed E-state index contributed by atoms with van der Waals surface area (Å²) in [6, 6.07) is 12.6. The lowest BCUT2D eigenvalue weighted by Gasteiger charge is -2.13. The molecule has 2 N–H and O–H groups in total. The zero-order valence-corrected chi connectivity index (χ0v) is 14.6. The number of carbonyl (C=O) groups excluding carboxylic acids is 2. The van der Waals surface area contributed by atoms with Gasteiger partial charge in [0, 0.05) is 11.4 Å². The van der Waals surface area contributed by atoms with Crippen LogP contribution in [0.4, 0.5) is 5.69 Å². The molecule has 3 aromatic rings. The molecule has 0 aliphatic heterocycles. The van der Waals surface area contributed by atoms with Gasteiger partial charge in [-0.15, -0.1) is 11.3 Å². The lowest BCUT2D eigenvalue weighted by molar-refractivity contribution is 0.0955. The largest absolute Gasteiger partial charge is 0.459 e. The molecule has 5 nitrogen and oxygen atoms in total. The molecule has 1 aromatic carbocycles. The summed E-state index contributed by atoms with van der Waals surface area (Å²) in [4.78, 5) is 26.0. The number of rotatable bonds is 6. The number of carbonyl (C=O) groups is 2. The zero-order valence-electron chi connectivity index (χ0n) is 13.7. The highest BCUT2D eigenvalue weighted by molar-refractivity contribution is 7.09. The molecule has 6 heteroatoms. The molecule has 2 amide bonds. The first kappa shape index (κ1) is 17.0. The third kappa shape index (κ3) is 4.16. The Bertz CT molecular complexity index is 855. The molecule has 0 aliphatic carbocycles. The van der Waals surface area contributed by atoms with Crippen LogP contribution in [0.3, 0.4) is 0 Å². The Hall–Kier alpha value is -2.86. The molecule has 0 atom stereocenters. The fourth-order valence-corrected chi connectivity index (χ4v) is 3.16. The Morgan fingerprint density at radius 2 is 1.96 bits per heavy atom. The number of furan rings is 1. The third-order valence-corrected chi connectivity index (χ3v) is 4.67. The average molecular weight is 354 g/mol. The van der Waals surface area contributed by atoms with E-state index in [-0.39, 0.29) is 17.6 Å². The van der Waals surface area contributed by atoms with Gasteiger partial charge in [-0.1, -0.05) is 18.2 Å². The minimum Gasteiger partial charge on any atom is -0.459 e. The molecule has 0 bridgehead atoms. The van der Waals surface area contributed by atoms with Gasteiger partial charge in [0.2, 0.25) is 0 Å². The van der Waals surface area contributed by atoms with Crippen molar-refractivity contribution in [3.05, 3.63) is 75.9 Å². The summed E-state index contributed by atoms with van der Waals surface area (Å²) < 4.78 is 5.10. The first-order valence-corrected chi connectivity index (χ1v) is 8.78. The highest BCUT2D eigenvalue weighted by Crippen LogP contribution is 2.21. The second-order valence-corrected chi connectivity index (χ2v) is 6.55. The molecule has 0 aliphatic rings. The van der Waals surface area contributed by atoms with E-state index in [4.69, 9.17) is 4.42 Å². The van der Waals surface area contributed by atoms with E-state index in [9.17, 15) is 9.59 Å². The van der Waals surface area contributed by atoms with Gasteiger partial charge in [0.25, 0.3) is 11.8 Å². The van der Waals surface area contributed by atoms with Crippen LogP contribution in [0.25, 0.3) is 0 Å². The average Bonchev–Trinajstić information content (AvgIpc) is 3.29. The smallest absolute Gasteiger partial charge is 0.291 e. The highest BCUT2D eigenvalue weighted by Gasteiger charge is 2.17. The van der Waals surface area contributed by atoms with Gasteiger partial charge < -0.3 is 15.1 Å². The van der Waals surface area contributed by atoms with Crippen molar-refractivity contribution in [1.82, 2.24) is 5.32 Å². The van der Waals surface area contributed by atoms with Gasteiger partial charge in [-0.25, -0.2) is 0 Å². The fourth-order valence-electron chi connectivity index (χ4n) is 2.46. The van der Waals surface area contributed by atoms with Crippen molar-refractivity contribution in [2.45, 2.75) is 13.3 Å². The summed E-state index contributed by atoms with van der Waals surface area (Å²) in [5, 5.41) is 7.69. The van der Waals surface area contributed by atoms with Gasteiger partial charge in [0.1, 0.15) is 0 Å². The van der Waals surface area contributed by atoms with Crippen LogP contribution in [0, 0.1) is 6.92 Å². The number of hydrogen-bond donors (Lipinski definition) is 2. The quantitative estimate of drug-likeness (QED) is 0.706. The third-order valence-electron chi connectivity index (χ3n) is 3.74. The molecule has 0 fully saturated rings. The van der Waals surface area contributed by atoms with Crippen LogP contribution < -0.4 is 10.6 Å². The van der Waals surface area contributed by atoms with Crippen LogP contribution in [0.5, 0.6) is 0 Å². The molecule has 0 saturated carbocycles. The standard InChI is InChI=1S/C19H18N2O3S/c1-13-5-2-7-15(17(13)21-19(23)16-8-3-11-24-16)18(22)20-10-9-14-6-4-12-25-14/h2-8,11-12H,9-10H2,1H3,(H,20,22)(H,21,23). The molecular formula is C19H18N2O3S. The molecule has 0 unspecified atom stereocenters. The van der Waals surface area contributed by atoms with Crippen molar-refractivity contribution in [1.29, 1.82) is 0 Å². The monoisotopic (exact) mass is 354 g/mol. The van der Waals surface area contributed by atoms with Crippen LogP contribution in [0.2, 0.25) is 0 Å². The molecule has 2 heterocycles. The summed E-state index contributed by atoms with van der Waals surface area (Å²) in [7, 11) is 0. The van der Waals surface area contributed by atoms with E-state index in [2.05, 4.69) is 10.6 Å². The number of anilines is 1. The van der Waals surface area contributed by atoms with Crippen molar-refractivity contribution in [2.24, 2.45) is 0 Å². The van der Waals surface area contributed by atoms with Crippen LogP contribution >= 0.6 is 11.3 Å². The van der Waals surface area contributed by atoms with Crippen molar-refractivity contribution in [3.8, 4) is 0 Å². The lowest BCUT2D eigenvalue weighted by Crippen LogP contribution is -2.27. The number of hydrogen-bond acceptors (Lipinski definition) is 4. The van der Waals surface area contributed by atoms with Crippen molar-refractivity contribution >= 4 is 28.8 Å². The molecule has 25 heavy (non-hydrogen) atoms. The van der Waals surface area contributed by atoms with E-state index >= 15 is 0 Å². The Balaban J connectivity index is 1.71. The summed E-state index contributed by atoms with van der Waals surface area (Å²) in [6.07, 6.45) is 2.22. The molecule has 2 aromatic heterocycles.